The Kier molecular flexibility index (Phi) is 5.28. The first-order valence-corrected chi connectivity index (χ1v) is 9.52. The van der Waals surface area contributed by atoms with Gasteiger partial charge in [0.25, 0.3) is 17.4 Å². The van der Waals surface area contributed by atoms with Crippen molar-refractivity contribution >= 4 is 23.1 Å². The Morgan fingerprint density at radius 3 is 2.80 bits per heavy atom. The first-order chi connectivity index (χ1) is 14.5. The van der Waals surface area contributed by atoms with Gasteiger partial charge in [-0.3, -0.25) is 24.7 Å². The molecule has 1 aromatic carbocycles. The summed E-state index contributed by atoms with van der Waals surface area (Å²) < 4.78 is 5.63. The number of aromatic nitrogens is 1. The maximum atomic E-state index is 12.9. The number of Topliss-reactive ketones (excluding diaryl/α,β-unsaturated/α-hetero) is 1. The van der Waals surface area contributed by atoms with Crippen LogP contribution in [0.25, 0.3) is 5.76 Å². The Balaban J connectivity index is 1.82. The van der Waals surface area contributed by atoms with E-state index in [1.165, 1.54) is 35.4 Å². The molecule has 2 aliphatic rings. The summed E-state index contributed by atoms with van der Waals surface area (Å²) in [6.45, 7) is 0.801. The van der Waals surface area contributed by atoms with E-state index in [9.17, 15) is 24.8 Å². The topological polar surface area (TPSA) is 123 Å². The molecule has 3 heterocycles. The second-order valence-electron chi connectivity index (χ2n) is 7.18. The van der Waals surface area contributed by atoms with Crippen LogP contribution in [0.2, 0.25) is 0 Å². The fourth-order valence-electron chi connectivity index (χ4n) is 3.88. The predicted octanol–water partition coefficient (Wildman–Crippen LogP) is 2.59. The minimum atomic E-state index is -0.859. The number of hydrogen-bond donors (Lipinski definition) is 1. The standard InChI is InChI=1S/C21H19N3O6/c25-19(13-4-1-6-15(10-13)24(28)29)17-18(14-5-2-8-22-11-14)23(21(27)20(17)26)12-16-7-3-9-30-16/h1-2,4-6,8,10-11,16,18,25H,3,7,9,12H2/b19-17-. The van der Waals surface area contributed by atoms with Crippen molar-refractivity contribution in [3.63, 3.8) is 0 Å². The molecule has 9 nitrogen and oxygen atoms in total. The van der Waals surface area contributed by atoms with Gasteiger partial charge in [-0.2, -0.15) is 0 Å². The molecule has 2 unspecified atom stereocenters. The zero-order valence-electron chi connectivity index (χ0n) is 15.9. The van der Waals surface area contributed by atoms with Crippen LogP contribution >= 0.6 is 0 Å². The van der Waals surface area contributed by atoms with Gasteiger partial charge < -0.3 is 14.7 Å². The molecular weight excluding hydrogens is 390 g/mol. The minimum absolute atomic E-state index is 0.0909. The molecule has 2 saturated heterocycles. The van der Waals surface area contributed by atoms with Crippen molar-refractivity contribution in [3.05, 3.63) is 75.6 Å². The van der Waals surface area contributed by atoms with Crippen LogP contribution in [0.4, 0.5) is 5.69 Å². The number of aliphatic hydroxyl groups excluding tert-OH is 1. The molecule has 1 aromatic heterocycles. The summed E-state index contributed by atoms with van der Waals surface area (Å²) in [5, 5.41) is 22.0. The lowest BCUT2D eigenvalue weighted by Crippen LogP contribution is -2.36. The van der Waals surface area contributed by atoms with Crippen LogP contribution in [0, 0.1) is 10.1 Å². The molecule has 30 heavy (non-hydrogen) atoms. The molecule has 1 amide bonds. The van der Waals surface area contributed by atoms with Crippen molar-refractivity contribution < 1.29 is 24.4 Å². The van der Waals surface area contributed by atoms with Gasteiger partial charge in [-0.1, -0.05) is 18.2 Å². The fourth-order valence-corrected chi connectivity index (χ4v) is 3.88. The lowest BCUT2D eigenvalue weighted by molar-refractivity contribution is -0.384. The number of carbonyl (C=O) groups excluding carboxylic acids is 2. The Morgan fingerprint density at radius 1 is 1.30 bits per heavy atom. The monoisotopic (exact) mass is 409 g/mol. The van der Waals surface area contributed by atoms with Gasteiger partial charge in [0.2, 0.25) is 0 Å². The van der Waals surface area contributed by atoms with Crippen LogP contribution in [0.15, 0.2) is 54.4 Å². The number of nitro groups is 1. The van der Waals surface area contributed by atoms with Gasteiger partial charge in [-0.15, -0.1) is 0 Å². The number of ether oxygens (including phenoxy) is 1. The summed E-state index contributed by atoms with van der Waals surface area (Å²) in [5.41, 5.74) is 0.298. The van der Waals surface area contributed by atoms with Crippen molar-refractivity contribution in [2.24, 2.45) is 0 Å². The number of likely N-dealkylation sites (tertiary alicyclic amines) is 1. The molecule has 2 aliphatic heterocycles. The molecule has 2 aromatic rings. The maximum absolute atomic E-state index is 12.9. The average Bonchev–Trinajstić information content (AvgIpc) is 3.36. The van der Waals surface area contributed by atoms with E-state index in [1.54, 1.807) is 18.3 Å². The van der Waals surface area contributed by atoms with Crippen LogP contribution < -0.4 is 0 Å². The number of carbonyl (C=O) groups is 2. The lowest BCUT2D eigenvalue weighted by atomic mass is 9.96. The Bertz CT molecular complexity index is 1030. The Morgan fingerprint density at radius 2 is 2.13 bits per heavy atom. The lowest BCUT2D eigenvalue weighted by Gasteiger charge is -2.27. The second kappa shape index (κ2) is 8.03. The summed E-state index contributed by atoms with van der Waals surface area (Å²) in [4.78, 5) is 41.7. The van der Waals surface area contributed by atoms with Gasteiger partial charge in [-0.05, 0) is 24.5 Å². The van der Waals surface area contributed by atoms with Crippen LogP contribution in [0.1, 0.15) is 30.0 Å². The summed E-state index contributed by atoms with van der Waals surface area (Å²) in [6.07, 6.45) is 4.55. The van der Waals surface area contributed by atoms with E-state index < -0.39 is 28.4 Å². The Hall–Kier alpha value is -3.59. The molecule has 0 spiro atoms. The first kappa shape index (κ1) is 19.7. The van der Waals surface area contributed by atoms with Crippen molar-refractivity contribution in [1.82, 2.24) is 9.88 Å². The fraction of sp³-hybridized carbons (Fsp3) is 0.286. The number of nitro benzene ring substituents is 1. The van der Waals surface area contributed by atoms with Crippen molar-refractivity contribution in [3.8, 4) is 0 Å². The predicted molar refractivity (Wildman–Crippen MR) is 105 cm³/mol. The molecule has 0 radical (unpaired) electrons. The molecular formula is C21H19N3O6. The highest BCUT2D eigenvalue weighted by atomic mass is 16.6. The number of hydrogen-bond acceptors (Lipinski definition) is 7. The number of ketones is 1. The van der Waals surface area contributed by atoms with Crippen LogP contribution in [0.5, 0.6) is 0 Å². The molecule has 9 heteroatoms. The molecule has 2 atom stereocenters. The van der Waals surface area contributed by atoms with E-state index >= 15 is 0 Å². The number of amides is 1. The number of nitrogens with zero attached hydrogens (tertiary/aromatic N) is 3. The van der Waals surface area contributed by atoms with E-state index in [0.29, 0.717) is 12.2 Å². The molecule has 4 rings (SSSR count). The van der Waals surface area contributed by atoms with Crippen LogP contribution in [-0.2, 0) is 14.3 Å². The molecule has 154 valence electrons. The maximum Gasteiger partial charge on any atom is 0.295 e. The number of aliphatic hydroxyl groups is 1. The number of non-ortho nitro benzene ring substituents is 1. The van der Waals surface area contributed by atoms with Gasteiger partial charge in [0.1, 0.15) is 5.76 Å². The summed E-state index contributed by atoms with van der Waals surface area (Å²) in [6, 6.07) is 7.85. The third kappa shape index (κ3) is 3.55. The second-order valence-corrected chi connectivity index (χ2v) is 7.18. The van der Waals surface area contributed by atoms with Crippen molar-refractivity contribution in [2.45, 2.75) is 25.0 Å². The van der Waals surface area contributed by atoms with Gasteiger partial charge in [0.05, 0.1) is 22.6 Å². The Labute approximate surface area is 171 Å². The molecule has 0 bridgehead atoms. The highest BCUT2D eigenvalue weighted by Gasteiger charge is 2.47. The number of benzene rings is 1. The van der Waals surface area contributed by atoms with E-state index in [1.807, 2.05) is 0 Å². The summed E-state index contributed by atoms with van der Waals surface area (Å²) >= 11 is 0. The van der Waals surface area contributed by atoms with E-state index in [0.717, 1.165) is 12.8 Å². The van der Waals surface area contributed by atoms with Gasteiger partial charge >= 0.3 is 0 Å². The number of rotatable bonds is 5. The van der Waals surface area contributed by atoms with Crippen LogP contribution in [-0.4, -0.2) is 50.9 Å². The molecule has 0 aliphatic carbocycles. The zero-order valence-corrected chi connectivity index (χ0v) is 15.9. The van der Waals surface area contributed by atoms with Gasteiger partial charge in [0.15, 0.2) is 0 Å². The smallest absolute Gasteiger partial charge is 0.295 e. The zero-order chi connectivity index (χ0) is 21.3. The van der Waals surface area contributed by atoms with Crippen molar-refractivity contribution in [1.29, 1.82) is 0 Å². The largest absolute Gasteiger partial charge is 0.507 e. The quantitative estimate of drug-likeness (QED) is 0.265. The SMILES string of the molecule is O=C1C(=O)N(CC2CCCO2)C(c2cccnc2)/C1=C(/O)c1cccc([N+](=O)[O-])c1. The van der Waals surface area contributed by atoms with E-state index in [2.05, 4.69) is 4.98 Å². The first-order valence-electron chi connectivity index (χ1n) is 9.52. The van der Waals surface area contributed by atoms with Crippen LogP contribution in [0.3, 0.4) is 0 Å². The highest BCUT2D eigenvalue weighted by Crippen LogP contribution is 2.40. The third-order valence-electron chi connectivity index (χ3n) is 5.29. The van der Waals surface area contributed by atoms with Crippen molar-refractivity contribution in [2.75, 3.05) is 13.2 Å². The minimum Gasteiger partial charge on any atom is -0.507 e. The summed E-state index contributed by atoms with van der Waals surface area (Å²) in [5.74, 6) is -2.04. The molecule has 2 fully saturated rings. The number of pyridine rings is 1. The van der Waals surface area contributed by atoms with Gasteiger partial charge in [-0.25, -0.2) is 0 Å². The highest BCUT2D eigenvalue weighted by molar-refractivity contribution is 6.46. The summed E-state index contributed by atoms with van der Waals surface area (Å²) in [7, 11) is 0. The third-order valence-corrected chi connectivity index (χ3v) is 5.29. The van der Waals surface area contributed by atoms with Gasteiger partial charge in [0, 0.05) is 43.2 Å². The van der Waals surface area contributed by atoms with E-state index in [-0.39, 0.29) is 29.5 Å². The molecule has 1 N–H and O–H groups in total. The van der Waals surface area contributed by atoms with E-state index in [4.69, 9.17) is 4.74 Å². The normalized spacial score (nSPS) is 23.1. The average molecular weight is 409 g/mol. The molecule has 0 saturated carbocycles.